The van der Waals surface area contributed by atoms with E-state index in [9.17, 15) is 13.6 Å². The van der Waals surface area contributed by atoms with E-state index in [1.54, 1.807) is 6.07 Å². The smallest absolute Gasteiger partial charge is 0.255 e. The normalized spacial score (nSPS) is 10.4. The van der Waals surface area contributed by atoms with Crippen molar-refractivity contribution in [1.82, 2.24) is 4.98 Å². The SMILES string of the molecule is CN(C)c1ccc(Nc2cc(C(=O)Nc3ccc(F)cc3F)ccn2)cc1. The second-order valence-corrected chi connectivity index (χ2v) is 6.07. The Hall–Kier alpha value is -3.48. The average Bonchev–Trinajstić information content (AvgIpc) is 2.64. The van der Waals surface area contributed by atoms with E-state index in [4.69, 9.17) is 0 Å². The van der Waals surface area contributed by atoms with E-state index in [-0.39, 0.29) is 5.69 Å². The van der Waals surface area contributed by atoms with E-state index in [1.165, 1.54) is 18.3 Å². The van der Waals surface area contributed by atoms with Crippen LogP contribution < -0.4 is 15.5 Å². The van der Waals surface area contributed by atoms with Gasteiger partial charge in [0, 0.05) is 43.3 Å². The minimum Gasteiger partial charge on any atom is -0.378 e. The summed E-state index contributed by atoms with van der Waals surface area (Å²) in [6.45, 7) is 0. The van der Waals surface area contributed by atoms with Crippen molar-refractivity contribution in [2.24, 2.45) is 0 Å². The largest absolute Gasteiger partial charge is 0.378 e. The number of hydrogen-bond acceptors (Lipinski definition) is 4. The number of carbonyl (C=O) groups is 1. The van der Waals surface area contributed by atoms with Crippen LogP contribution in [0.4, 0.5) is 31.7 Å². The van der Waals surface area contributed by atoms with Crippen molar-refractivity contribution in [3.8, 4) is 0 Å². The number of amides is 1. The molecule has 0 radical (unpaired) electrons. The van der Waals surface area contributed by atoms with Crippen molar-refractivity contribution in [2.45, 2.75) is 0 Å². The molecule has 7 heteroatoms. The maximum absolute atomic E-state index is 13.7. The molecule has 0 saturated heterocycles. The third-order valence-corrected chi connectivity index (χ3v) is 3.86. The minimum atomic E-state index is -0.836. The molecule has 0 bridgehead atoms. The van der Waals surface area contributed by atoms with Crippen LogP contribution in [0.3, 0.4) is 0 Å². The van der Waals surface area contributed by atoms with E-state index >= 15 is 0 Å². The molecular weight excluding hydrogens is 350 g/mol. The Balaban J connectivity index is 1.73. The molecule has 2 aromatic carbocycles. The molecule has 0 aliphatic carbocycles. The van der Waals surface area contributed by atoms with E-state index < -0.39 is 17.5 Å². The number of hydrogen-bond donors (Lipinski definition) is 2. The summed E-state index contributed by atoms with van der Waals surface area (Å²) in [7, 11) is 3.91. The first-order valence-corrected chi connectivity index (χ1v) is 8.19. The van der Waals surface area contributed by atoms with Crippen molar-refractivity contribution in [3.05, 3.63) is 78.0 Å². The van der Waals surface area contributed by atoms with Gasteiger partial charge in [0.1, 0.15) is 17.5 Å². The number of carbonyl (C=O) groups excluding carboxylic acids is 1. The van der Waals surface area contributed by atoms with Crippen LogP contribution in [0, 0.1) is 11.6 Å². The van der Waals surface area contributed by atoms with Crippen molar-refractivity contribution in [1.29, 1.82) is 0 Å². The molecule has 0 spiro atoms. The summed E-state index contributed by atoms with van der Waals surface area (Å²) in [5.41, 5.74) is 2.08. The Labute approximate surface area is 155 Å². The number of benzene rings is 2. The zero-order valence-corrected chi connectivity index (χ0v) is 14.8. The molecule has 138 valence electrons. The van der Waals surface area contributed by atoms with E-state index in [2.05, 4.69) is 15.6 Å². The molecule has 0 aliphatic rings. The number of pyridine rings is 1. The maximum atomic E-state index is 13.7. The highest BCUT2D eigenvalue weighted by Gasteiger charge is 2.11. The first-order chi connectivity index (χ1) is 12.9. The highest BCUT2D eigenvalue weighted by molar-refractivity contribution is 6.04. The minimum absolute atomic E-state index is 0.0907. The number of nitrogens with one attached hydrogen (secondary N) is 2. The van der Waals surface area contributed by atoms with Gasteiger partial charge < -0.3 is 15.5 Å². The molecule has 0 atom stereocenters. The van der Waals surface area contributed by atoms with Crippen LogP contribution in [-0.2, 0) is 0 Å². The molecule has 2 N–H and O–H groups in total. The van der Waals surface area contributed by atoms with Gasteiger partial charge in [0.2, 0.25) is 0 Å². The van der Waals surface area contributed by atoms with Gasteiger partial charge in [-0.15, -0.1) is 0 Å². The summed E-state index contributed by atoms with van der Waals surface area (Å²) in [5.74, 6) is -1.59. The number of rotatable bonds is 5. The second kappa shape index (κ2) is 7.82. The van der Waals surface area contributed by atoms with Crippen LogP contribution in [0.5, 0.6) is 0 Å². The van der Waals surface area contributed by atoms with Gasteiger partial charge in [-0.3, -0.25) is 4.79 Å². The van der Waals surface area contributed by atoms with Crippen LogP contribution in [0.25, 0.3) is 0 Å². The fourth-order valence-electron chi connectivity index (χ4n) is 2.42. The Morgan fingerprint density at radius 1 is 1.00 bits per heavy atom. The Morgan fingerprint density at radius 3 is 2.41 bits per heavy atom. The molecule has 1 heterocycles. The van der Waals surface area contributed by atoms with Crippen molar-refractivity contribution >= 4 is 28.8 Å². The number of anilines is 4. The Bertz CT molecular complexity index is 958. The number of aromatic nitrogens is 1. The number of halogens is 2. The van der Waals surface area contributed by atoms with Gasteiger partial charge in [-0.05, 0) is 48.5 Å². The summed E-state index contributed by atoms with van der Waals surface area (Å²) < 4.78 is 26.7. The summed E-state index contributed by atoms with van der Waals surface area (Å²) in [4.78, 5) is 18.5. The zero-order chi connectivity index (χ0) is 19.4. The second-order valence-electron chi connectivity index (χ2n) is 6.07. The lowest BCUT2D eigenvalue weighted by Gasteiger charge is -2.13. The van der Waals surface area contributed by atoms with Gasteiger partial charge in [0.25, 0.3) is 5.91 Å². The Morgan fingerprint density at radius 2 is 1.74 bits per heavy atom. The molecule has 3 rings (SSSR count). The van der Waals surface area contributed by atoms with Crippen molar-refractivity contribution < 1.29 is 13.6 Å². The highest BCUT2D eigenvalue weighted by atomic mass is 19.1. The summed E-state index contributed by atoms with van der Waals surface area (Å²) >= 11 is 0. The molecule has 1 aromatic heterocycles. The monoisotopic (exact) mass is 368 g/mol. The molecule has 3 aromatic rings. The summed E-state index contributed by atoms with van der Waals surface area (Å²) in [6.07, 6.45) is 1.48. The lowest BCUT2D eigenvalue weighted by molar-refractivity contribution is 0.102. The molecule has 0 aliphatic heterocycles. The van der Waals surface area contributed by atoms with E-state index in [0.717, 1.165) is 17.4 Å². The van der Waals surface area contributed by atoms with Gasteiger partial charge in [-0.1, -0.05) is 0 Å². The maximum Gasteiger partial charge on any atom is 0.255 e. The first kappa shape index (κ1) is 18.3. The molecule has 0 fully saturated rings. The number of nitrogens with zero attached hydrogens (tertiary/aromatic N) is 2. The van der Waals surface area contributed by atoms with Crippen LogP contribution in [0.2, 0.25) is 0 Å². The first-order valence-electron chi connectivity index (χ1n) is 8.19. The highest BCUT2D eigenvalue weighted by Crippen LogP contribution is 2.20. The van der Waals surface area contributed by atoms with Crippen LogP contribution in [-0.4, -0.2) is 25.0 Å². The van der Waals surface area contributed by atoms with Gasteiger partial charge in [-0.25, -0.2) is 13.8 Å². The molecule has 0 unspecified atom stereocenters. The average molecular weight is 368 g/mol. The predicted molar refractivity (Wildman–Crippen MR) is 103 cm³/mol. The lowest BCUT2D eigenvalue weighted by atomic mass is 10.2. The lowest BCUT2D eigenvalue weighted by Crippen LogP contribution is -2.13. The molecule has 0 saturated carbocycles. The topological polar surface area (TPSA) is 57.3 Å². The van der Waals surface area contributed by atoms with Crippen molar-refractivity contribution in [2.75, 3.05) is 29.6 Å². The molecule has 5 nitrogen and oxygen atoms in total. The fraction of sp³-hybridized carbons (Fsp3) is 0.100. The Kier molecular flexibility index (Phi) is 5.30. The standard InChI is InChI=1S/C20H18F2N4O/c1-26(2)16-6-4-15(5-7-16)24-19-11-13(9-10-23-19)20(27)25-18-8-3-14(21)12-17(18)22/h3-12H,1-2H3,(H,23,24)(H,25,27). The summed E-state index contributed by atoms with van der Waals surface area (Å²) in [5, 5.41) is 5.54. The van der Waals surface area contributed by atoms with Crippen LogP contribution >= 0.6 is 0 Å². The van der Waals surface area contributed by atoms with E-state index in [1.807, 2.05) is 43.3 Å². The van der Waals surface area contributed by atoms with Crippen LogP contribution in [0.15, 0.2) is 60.8 Å². The molecular formula is C20H18F2N4O. The van der Waals surface area contributed by atoms with Crippen LogP contribution in [0.1, 0.15) is 10.4 Å². The third-order valence-electron chi connectivity index (χ3n) is 3.86. The van der Waals surface area contributed by atoms with Crippen molar-refractivity contribution in [3.63, 3.8) is 0 Å². The van der Waals surface area contributed by atoms with E-state index in [0.29, 0.717) is 17.4 Å². The fourth-order valence-corrected chi connectivity index (χ4v) is 2.42. The van der Waals surface area contributed by atoms with Gasteiger partial charge in [0.15, 0.2) is 0 Å². The quantitative estimate of drug-likeness (QED) is 0.700. The van der Waals surface area contributed by atoms with Gasteiger partial charge in [-0.2, -0.15) is 0 Å². The third kappa shape index (κ3) is 4.58. The molecule has 1 amide bonds. The van der Waals surface area contributed by atoms with Gasteiger partial charge >= 0.3 is 0 Å². The molecule has 27 heavy (non-hydrogen) atoms. The summed E-state index contributed by atoms with van der Waals surface area (Å²) in [6, 6.07) is 13.7. The predicted octanol–water partition coefficient (Wildman–Crippen LogP) is 4.42. The zero-order valence-electron chi connectivity index (χ0n) is 14.8. The van der Waals surface area contributed by atoms with Gasteiger partial charge in [0.05, 0.1) is 5.69 Å².